The molecule has 2 saturated heterocycles. The minimum Gasteiger partial charge on any atom is -0.396 e. The van der Waals surface area contributed by atoms with Gasteiger partial charge in [0.15, 0.2) is 0 Å². The van der Waals surface area contributed by atoms with Crippen LogP contribution in [0.4, 0.5) is 5.95 Å². The van der Waals surface area contributed by atoms with Gasteiger partial charge in [-0.2, -0.15) is 0 Å². The standard InChI is InChI=1S/C12H21N7O2.ClH/c13-11-15-16-17-19(11)7-10(21)18-5-3-12(8-20)2-1-4-14-9(12)6-18;/h9,14,20H,1-8H2,(H2,13,15,17);1H/t9-,12-;/m1./s1. The zero-order valence-corrected chi connectivity index (χ0v) is 13.1. The average Bonchev–Trinajstić information content (AvgIpc) is 2.91. The number of nitrogen functional groups attached to an aromatic ring is 1. The fourth-order valence-corrected chi connectivity index (χ4v) is 3.38. The molecule has 0 bridgehead atoms. The van der Waals surface area contributed by atoms with E-state index in [1.54, 1.807) is 4.90 Å². The second kappa shape index (κ2) is 6.76. The number of tetrazole rings is 1. The number of rotatable bonds is 3. The van der Waals surface area contributed by atoms with E-state index in [2.05, 4.69) is 20.8 Å². The summed E-state index contributed by atoms with van der Waals surface area (Å²) in [5.41, 5.74) is 5.50. The summed E-state index contributed by atoms with van der Waals surface area (Å²) in [5, 5.41) is 23.9. The Balaban J connectivity index is 0.00000176. The molecule has 3 rings (SSSR count). The molecule has 10 heteroatoms. The van der Waals surface area contributed by atoms with Crippen molar-refractivity contribution in [3.05, 3.63) is 0 Å². The first-order valence-electron chi connectivity index (χ1n) is 7.28. The summed E-state index contributed by atoms with van der Waals surface area (Å²) < 4.78 is 1.30. The van der Waals surface area contributed by atoms with Crippen molar-refractivity contribution in [1.82, 2.24) is 30.4 Å². The van der Waals surface area contributed by atoms with E-state index in [4.69, 9.17) is 5.73 Å². The lowest BCUT2D eigenvalue weighted by Gasteiger charge is -2.50. The molecule has 124 valence electrons. The Morgan fingerprint density at radius 3 is 3.00 bits per heavy atom. The van der Waals surface area contributed by atoms with Gasteiger partial charge < -0.3 is 21.1 Å². The van der Waals surface area contributed by atoms with Crippen LogP contribution in [0.5, 0.6) is 0 Å². The summed E-state index contributed by atoms with van der Waals surface area (Å²) in [5.74, 6) is 0.0915. The summed E-state index contributed by atoms with van der Waals surface area (Å²) in [7, 11) is 0. The van der Waals surface area contributed by atoms with Gasteiger partial charge in [0.25, 0.3) is 0 Å². The molecule has 1 amide bonds. The van der Waals surface area contributed by atoms with Gasteiger partial charge in [-0.25, -0.2) is 4.68 Å². The van der Waals surface area contributed by atoms with Gasteiger partial charge in [-0.3, -0.25) is 4.79 Å². The number of carbonyl (C=O) groups excluding carboxylic acids is 1. The van der Waals surface area contributed by atoms with Crippen LogP contribution >= 0.6 is 12.4 Å². The van der Waals surface area contributed by atoms with Crippen LogP contribution in [0.25, 0.3) is 0 Å². The number of hydrogen-bond acceptors (Lipinski definition) is 7. The lowest BCUT2D eigenvalue weighted by molar-refractivity contribution is -0.137. The number of aliphatic hydroxyl groups excluding tert-OH is 1. The fraction of sp³-hybridized carbons (Fsp3) is 0.833. The second-order valence-electron chi connectivity index (χ2n) is 5.92. The normalized spacial score (nSPS) is 27.9. The van der Waals surface area contributed by atoms with Crippen molar-refractivity contribution in [2.75, 3.05) is 32.0 Å². The monoisotopic (exact) mass is 331 g/mol. The number of halogens is 1. The number of nitrogens with two attached hydrogens (primary N) is 1. The predicted octanol–water partition coefficient (Wildman–Crippen LogP) is -1.36. The molecule has 22 heavy (non-hydrogen) atoms. The first-order valence-corrected chi connectivity index (χ1v) is 7.28. The van der Waals surface area contributed by atoms with E-state index in [1.165, 1.54) is 4.68 Å². The number of amides is 1. The molecule has 3 heterocycles. The maximum absolute atomic E-state index is 12.3. The number of anilines is 1. The van der Waals surface area contributed by atoms with Crippen molar-refractivity contribution < 1.29 is 9.90 Å². The molecule has 0 aromatic carbocycles. The van der Waals surface area contributed by atoms with Gasteiger partial charge in [0.2, 0.25) is 11.9 Å². The lowest BCUT2D eigenvalue weighted by atomic mass is 9.70. The highest BCUT2D eigenvalue weighted by atomic mass is 35.5. The molecular weight excluding hydrogens is 310 g/mol. The van der Waals surface area contributed by atoms with E-state index in [1.807, 2.05) is 0 Å². The molecule has 0 radical (unpaired) electrons. The first kappa shape index (κ1) is 16.9. The minimum absolute atomic E-state index is 0. The lowest BCUT2D eigenvalue weighted by Crippen LogP contribution is -2.62. The number of aliphatic hydroxyl groups is 1. The molecule has 2 aliphatic heterocycles. The van der Waals surface area contributed by atoms with Gasteiger partial charge >= 0.3 is 0 Å². The van der Waals surface area contributed by atoms with Crippen LogP contribution in [0.2, 0.25) is 0 Å². The zero-order chi connectivity index (χ0) is 14.9. The maximum Gasteiger partial charge on any atom is 0.244 e. The predicted molar refractivity (Wildman–Crippen MR) is 81.2 cm³/mol. The highest BCUT2D eigenvalue weighted by molar-refractivity contribution is 5.85. The fourth-order valence-electron chi connectivity index (χ4n) is 3.38. The Labute approximate surface area is 134 Å². The van der Waals surface area contributed by atoms with Crippen molar-refractivity contribution in [3.63, 3.8) is 0 Å². The Hall–Kier alpha value is -1.45. The van der Waals surface area contributed by atoms with Crippen molar-refractivity contribution in [2.24, 2.45) is 5.41 Å². The number of carbonyl (C=O) groups is 1. The van der Waals surface area contributed by atoms with E-state index < -0.39 is 0 Å². The van der Waals surface area contributed by atoms with E-state index in [0.717, 1.165) is 25.8 Å². The average molecular weight is 332 g/mol. The molecule has 0 aliphatic carbocycles. The summed E-state index contributed by atoms with van der Waals surface area (Å²) in [4.78, 5) is 14.2. The summed E-state index contributed by atoms with van der Waals surface area (Å²) >= 11 is 0. The Morgan fingerprint density at radius 2 is 2.32 bits per heavy atom. The van der Waals surface area contributed by atoms with Gasteiger partial charge in [0.1, 0.15) is 6.54 Å². The van der Waals surface area contributed by atoms with Crippen LogP contribution in [-0.4, -0.2) is 68.4 Å². The molecule has 4 N–H and O–H groups in total. The molecule has 0 saturated carbocycles. The molecule has 1 aromatic heterocycles. The largest absolute Gasteiger partial charge is 0.396 e. The van der Waals surface area contributed by atoms with Crippen molar-refractivity contribution in [3.8, 4) is 0 Å². The van der Waals surface area contributed by atoms with Crippen molar-refractivity contribution in [1.29, 1.82) is 0 Å². The van der Waals surface area contributed by atoms with Crippen LogP contribution in [0, 0.1) is 5.41 Å². The van der Waals surface area contributed by atoms with Gasteiger partial charge in [0.05, 0.1) is 6.61 Å². The van der Waals surface area contributed by atoms with Gasteiger partial charge in [0, 0.05) is 24.5 Å². The Kier molecular flexibility index (Phi) is 5.20. The maximum atomic E-state index is 12.3. The molecule has 1 aromatic rings. The number of nitrogens with zero attached hydrogens (tertiary/aromatic N) is 5. The first-order chi connectivity index (χ1) is 10.1. The molecule has 2 aliphatic rings. The second-order valence-corrected chi connectivity index (χ2v) is 5.92. The molecular formula is C12H22ClN7O2. The molecule has 2 fully saturated rings. The van der Waals surface area contributed by atoms with E-state index >= 15 is 0 Å². The number of aromatic nitrogens is 4. The van der Waals surface area contributed by atoms with E-state index in [0.29, 0.717) is 13.1 Å². The van der Waals surface area contributed by atoms with Crippen LogP contribution in [0.3, 0.4) is 0 Å². The van der Waals surface area contributed by atoms with Gasteiger partial charge in [-0.15, -0.1) is 12.4 Å². The molecule has 0 unspecified atom stereocenters. The van der Waals surface area contributed by atoms with E-state index in [9.17, 15) is 9.90 Å². The van der Waals surface area contributed by atoms with E-state index in [-0.39, 0.29) is 48.9 Å². The Morgan fingerprint density at radius 1 is 1.50 bits per heavy atom. The number of likely N-dealkylation sites (tertiary alicyclic amines) is 1. The highest BCUT2D eigenvalue weighted by Crippen LogP contribution is 2.38. The topological polar surface area (TPSA) is 122 Å². The van der Waals surface area contributed by atoms with Crippen molar-refractivity contribution >= 4 is 24.3 Å². The molecule has 2 atom stereocenters. The third-order valence-electron chi connectivity index (χ3n) is 4.78. The van der Waals surface area contributed by atoms with Gasteiger partial charge in [-0.1, -0.05) is 5.10 Å². The summed E-state index contributed by atoms with van der Waals surface area (Å²) in [6, 6.07) is 0.153. The van der Waals surface area contributed by atoms with Gasteiger partial charge in [-0.05, 0) is 36.2 Å². The quantitative estimate of drug-likeness (QED) is 0.625. The smallest absolute Gasteiger partial charge is 0.244 e. The third kappa shape index (κ3) is 3.01. The summed E-state index contributed by atoms with van der Waals surface area (Å²) in [6.07, 6.45) is 2.91. The number of nitrogens with one attached hydrogen (secondary N) is 1. The van der Waals surface area contributed by atoms with Crippen LogP contribution in [0.15, 0.2) is 0 Å². The minimum atomic E-state index is -0.0805. The number of fused-ring (bicyclic) bond motifs is 1. The number of piperidine rings is 2. The molecule has 9 nitrogen and oxygen atoms in total. The van der Waals surface area contributed by atoms with Crippen molar-refractivity contribution in [2.45, 2.75) is 31.8 Å². The molecule has 0 spiro atoms. The summed E-state index contributed by atoms with van der Waals surface area (Å²) in [6.45, 7) is 2.43. The highest BCUT2D eigenvalue weighted by Gasteiger charge is 2.44. The van der Waals surface area contributed by atoms with Crippen LogP contribution in [0.1, 0.15) is 19.3 Å². The SMILES string of the molecule is Cl.Nc1nnnn1CC(=O)N1CC[C@@]2(CO)CCCN[C@@H]2C1. The number of hydrogen-bond donors (Lipinski definition) is 3. The third-order valence-corrected chi connectivity index (χ3v) is 4.78. The van der Waals surface area contributed by atoms with Crippen LogP contribution in [-0.2, 0) is 11.3 Å². The Bertz CT molecular complexity index is 525. The zero-order valence-electron chi connectivity index (χ0n) is 12.3. The van der Waals surface area contributed by atoms with Crippen LogP contribution < -0.4 is 11.1 Å².